The van der Waals surface area contributed by atoms with Gasteiger partial charge in [0.05, 0.1) is 17.7 Å². The Balaban J connectivity index is 1.77. The van der Waals surface area contributed by atoms with Crippen molar-refractivity contribution in [2.75, 3.05) is 17.3 Å². The van der Waals surface area contributed by atoms with E-state index in [1.807, 2.05) is 4.90 Å². The number of anilines is 1. The summed E-state index contributed by atoms with van der Waals surface area (Å²) in [7, 11) is 0. The molecule has 0 aromatic carbocycles. The van der Waals surface area contributed by atoms with E-state index in [-0.39, 0.29) is 17.9 Å². The lowest BCUT2D eigenvalue weighted by Gasteiger charge is -2.29. The molecule has 1 fully saturated rings. The SMILES string of the molecule is CCCN1C(=O)C2CC(CCl)N=C2c2[nH]c(C3CCCC3)nc21. The Morgan fingerprint density at radius 3 is 2.83 bits per heavy atom. The van der Waals surface area contributed by atoms with Gasteiger partial charge in [-0.2, -0.15) is 0 Å². The van der Waals surface area contributed by atoms with E-state index >= 15 is 0 Å². The fourth-order valence-electron chi connectivity index (χ4n) is 4.16. The fourth-order valence-corrected chi connectivity index (χ4v) is 4.35. The quantitative estimate of drug-likeness (QED) is 0.859. The van der Waals surface area contributed by atoms with Crippen molar-refractivity contribution in [1.82, 2.24) is 9.97 Å². The van der Waals surface area contributed by atoms with E-state index in [9.17, 15) is 4.79 Å². The highest BCUT2D eigenvalue weighted by molar-refractivity contribution is 6.24. The second kappa shape index (κ2) is 5.93. The molecule has 23 heavy (non-hydrogen) atoms. The molecular formula is C17H23ClN4O. The molecule has 5 nitrogen and oxygen atoms in total. The molecule has 6 heteroatoms. The van der Waals surface area contributed by atoms with Crippen LogP contribution in [0.5, 0.6) is 0 Å². The van der Waals surface area contributed by atoms with Gasteiger partial charge in [0, 0.05) is 18.3 Å². The van der Waals surface area contributed by atoms with Crippen LogP contribution in [-0.4, -0.2) is 40.1 Å². The summed E-state index contributed by atoms with van der Waals surface area (Å²) in [5.41, 5.74) is 1.86. The summed E-state index contributed by atoms with van der Waals surface area (Å²) in [4.78, 5) is 27.8. The van der Waals surface area contributed by atoms with Crippen LogP contribution in [0.25, 0.3) is 0 Å². The first-order valence-electron chi connectivity index (χ1n) is 8.78. The van der Waals surface area contributed by atoms with Gasteiger partial charge in [0.15, 0.2) is 5.82 Å². The number of rotatable bonds is 4. The van der Waals surface area contributed by atoms with Crippen molar-refractivity contribution >= 4 is 29.0 Å². The Morgan fingerprint density at radius 2 is 2.13 bits per heavy atom. The Kier molecular flexibility index (Phi) is 3.92. The van der Waals surface area contributed by atoms with Crippen molar-refractivity contribution in [3.63, 3.8) is 0 Å². The molecule has 1 amide bonds. The molecule has 0 saturated heterocycles. The molecule has 124 valence electrons. The van der Waals surface area contributed by atoms with Gasteiger partial charge in [0.1, 0.15) is 11.5 Å². The van der Waals surface area contributed by atoms with E-state index in [0.717, 1.165) is 42.4 Å². The van der Waals surface area contributed by atoms with Crippen LogP contribution in [0.4, 0.5) is 5.82 Å². The van der Waals surface area contributed by atoms with Crippen molar-refractivity contribution in [1.29, 1.82) is 0 Å². The number of aromatic amines is 1. The Hall–Kier alpha value is -1.36. The largest absolute Gasteiger partial charge is 0.339 e. The zero-order valence-electron chi connectivity index (χ0n) is 13.5. The van der Waals surface area contributed by atoms with Crippen LogP contribution in [0.3, 0.4) is 0 Å². The van der Waals surface area contributed by atoms with Crippen molar-refractivity contribution < 1.29 is 4.79 Å². The minimum atomic E-state index is -0.144. The van der Waals surface area contributed by atoms with Gasteiger partial charge in [-0.15, -0.1) is 11.6 Å². The number of nitrogens with one attached hydrogen (secondary N) is 1. The molecule has 2 unspecified atom stereocenters. The van der Waals surface area contributed by atoms with Crippen molar-refractivity contribution in [2.45, 2.75) is 57.4 Å². The number of hydrogen-bond acceptors (Lipinski definition) is 3. The number of alkyl halides is 1. The molecule has 1 aromatic heterocycles. The van der Waals surface area contributed by atoms with Crippen LogP contribution < -0.4 is 4.90 Å². The third kappa shape index (κ3) is 2.40. The maximum Gasteiger partial charge on any atom is 0.237 e. The van der Waals surface area contributed by atoms with Crippen LogP contribution >= 0.6 is 11.6 Å². The molecular weight excluding hydrogens is 312 g/mol. The molecule has 1 saturated carbocycles. The number of nitrogens with zero attached hydrogens (tertiary/aromatic N) is 3. The van der Waals surface area contributed by atoms with Gasteiger partial charge in [0.2, 0.25) is 5.91 Å². The highest BCUT2D eigenvalue weighted by Crippen LogP contribution is 2.39. The van der Waals surface area contributed by atoms with E-state index in [4.69, 9.17) is 21.6 Å². The number of carbonyl (C=O) groups excluding carboxylic acids is 1. The van der Waals surface area contributed by atoms with Crippen LogP contribution in [0.2, 0.25) is 0 Å². The molecule has 1 aliphatic carbocycles. The number of amides is 1. The van der Waals surface area contributed by atoms with Gasteiger partial charge >= 0.3 is 0 Å². The van der Waals surface area contributed by atoms with Crippen LogP contribution in [0.15, 0.2) is 4.99 Å². The summed E-state index contributed by atoms with van der Waals surface area (Å²) in [6.45, 7) is 2.81. The predicted molar refractivity (Wildman–Crippen MR) is 91.6 cm³/mol. The van der Waals surface area contributed by atoms with Gasteiger partial charge in [-0.3, -0.25) is 14.7 Å². The van der Waals surface area contributed by atoms with E-state index in [1.54, 1.807) is 0 Å². The predicted octanol–water partition coefficient (Wildman–Crippen LogP) is 3.24. The number of fused-ring (bicyclic) bond motifs is 3. The zero-order valence-corrected chi connectivity index (χ0v) is 14.3. The van der Waals surface area contributed by atoms with Gasteiger partial charge in [-0.25, -0.2) is 4.98 Å². The lowest BCUT2D eigenvalue weighted by molar-refractivity contribution is -0.120. The first-order valence-corrected chi connectivity index (χ1v) is 9.31. The lowest BCUT2D eigenvalue weighted by Crippen LogP contribution is -2.44. The fraction of sp³-hybridized carbons (Fsp3) is 0.706. The minimum absolute atomic E-state index is 0.0493. The topological polar surface area (TPSA) is 61.4 Å². The van der Waals surface area contributed by atoms with Gasteiger partial charge in [0.25, 0.3) is 0 Å². The molecule has 1 N–H and O–H groups in total. The maximum absolute atomic E-state index is 12.9. The minimum Gasteiger partial charge on any atom is -0.339 e. The third-order valence-electron chi connectivity index (χ3n) is 5.31. The Bertz CT molecular complexity index is 647. The number of aromatic nitrogens is 2. The third-order valence-corrected chi connectivity index (χ3v) is 5.66. The molecule has 2 atom stereocenters. The molecule has 0 radical (unpaired) electrons. The highest BCUT2D eigenvalue weighted by atomic mass is 35.5. The van der Waals surface area contributed by atoms with E-state index < -0.39 is 0 Å². The molecule has 4 rings (SSSR count). The number of hydrogen-bond donors (Lipinski definition) is 1. The summed E-state index contributed by atoms with van der Waals surface area (Å²) in [6, 6.07) is 0.0493. The van der Waals surface area contributed by atoms with Gasteiger partial charge in [-0.05, 0) is 25.7 Å². The van der Waals surface area contributed by atoms with Gasteiger partial charge in [-0.1, -0.05) is 19.8 Å². The van der Waals surface area contributed by atoms with E-state index in [0.29, 0.717) is 11.8 Å². The molecule has 3 heterocycles. The average molecular weight is 335 g/mol. The van der Waals surface area contributed by atoms with Crippen molar-refractivity contribution in [3.8, 4) is 0 Å². The number of H-pyrrole nitrogens is 1. The van der Waals surface area contributed by atoms with E-state index in [1.165, 1.54) is 25.7 Å². The second-order valence-corrected chi connectivity index (χ2v) is 7.21. The number of aliphatic imine (C=N–C) groups is 1. The van der Waals surface area contributed by atoms with Crippen LogP contribution in [0.1, 0.15) is 62.9 Å². The molecule has 3 aliphatic rings. The molecule has 1 aromatic rings. The number of imidazole rings is 1. The first kappa shape index (κ1) is 15.2. The van der Waals surface area contributed by atoms with Crippen molar-refractivity contribution in [3.05, 3.63) is 11.5 Å². The summed E-state index contributed by atoms with van der Waals surface area (Å²) in [6.07, 6.45) is 6.57. The van der Waals surface area contributed by atoms with Crippen molar-refractivity contribution in [2.24, 2.45) is 10.9 Å². The van der Waals surface area contributed by atoms with E-state index in [2.05, 4.69) is 11.9 Å². The summed E-state index contributed by atoms with van der Waals surface area (Å²) in [5, 5.41) is 0. The maximum atomic E-state index is 12.9. The zero-order chi connectivity index (χ0) is 16.0. The highest BCUT2D eigenvalue weighted by Gasteiger charge is 2.44. The second-order valence-electron chi connectivity index (χ2n) is 6.90. The molecule has 0 spiro atoms. The number of carbonyl (C=O) groups is 1. The summed E-state index contributed by atoms with van der Waals surface area (Å²) in [5.74, 6) is 2.82. The monoisotopic (exact) mass is 334 g/mol. The summed E-state index contributed by atoms with van der Waals surface area (Å²) >= 11 is 6.00. The molecule has 0 bridgehead atoms. The molecule has 2 aliphatic heterocycles. The normalized spacial score (nSPS) is 27.3. The lowest BCUT2D eigenvalue weighted by atomic mass is 9.93. The van der Waals surface area contributed by atoms with Crippen LogP contribution in [0, 0.1) is 5.92 Å². The Morgan fingerprint density at radius 1 is 1.35 bits per heavy atom. The summed E-state index contributed by atoms with van der Waals surface area (Å²) < 4.78 is 0. The van der Waals surface area contributed by atoms with Crippen LogP contribution in [-0.2, 0) is 4.79 Å². The Labute approximate surface area is 141 Å². The smallest absolute Gasteiger partial charge is 0.237 e. The van der Waals surface area contributed by atoms with Gasteiger partial charge < -0.3 is 4.98 Å². The standard InChI is InChI=1S/C17H23ClN4O/c1-2-7-22-16-14(20-15(21-16)10-5-3-4-6-10)13-12(17(22)23)8-11(9-18)19-13/h10-12H,2-9H2,1H3,(H,20,21). The first-order chi connectivity index (χ1) is 11.2. The number of halogens is 1. The average Bonchev–Trinajstić information content (AvgIpc) is 3.28.